The van der Waals surface area contributed by atoms with Crippen LogP contribution in [0.5, 0.6) is 0 Å². The van der Waals surface area contributed by atoms with Gasteiger partial charge in [0, 0.05) is 30.6 Å². The van der Waals surface area contributed by atoms with E-state index in [9.17, 15) is 9.59 Å². The van der Waals surface area contributed by atoms with Crippen LogP contribution in [0.1, 0.15) is 12.8 Å². The van der Waals surface area contributed by atoms with Crippen LogP contribution in [0.25, 0.3) is 0 Å². The Labute approximate surface area is 92.7 Å². The van der Waals surface area contributed by atoms with E-state index in [-0.39, 0.29) is 23.9 Å². The average molecular weight is 229 g/mol. The molecule has 3 N–H and O–H groups in total. The van der Waals surface area contributed by atoms with Crippen LogP contribution >= 0.6 is 11.8 Å². The van der Waals surface area contributed by atoms with Gasteiger partial charge in [0.25, 0.3) is 0 Å². The maximum absolute atomic E-state index is 11.6. The van der Waals surface area contributed by atoms with Crippen molar-refractivity contribution in [3.05, 3.63) is 0 Å². The molecule has 84 valence electrons. The number of nitrogens with one attached hydrogen (secondary N) is 3. The fourth-order valence-corrected chi connectivity index (χ4v) is 2.68. The average Bonchev–Trinajstić information content (AvgIpc) is 2.84. The van der Waals surface area contributed by atoms with E-state index in [1.54, 1.807) is 11.8 Å². The van der Waals surface area contributed by atoms with Crippen molar-refractivity contribution in [3.8, 4) is 0 Å². The molecule has 0 radical (unpaired) electrons. The smallest absolute Gasteiger partial charge is 0.238 e. The Morgan fingerprint density at radius 2 is 2.47 bits per heavy atom. The van der Waals surface area contributed by atoms with Gasteiger partial charge in [0.15, 0.2) is 0 Å². The molecule has 2 rings (SSSR count). The van der Waals surface area contributed by atoms with Crippen LogP contribution in [0, 0.1) is 0 Å². The molecule has 2 saturated heterocycles. The number of hydrogen-bond donors (Lipinski definition) is 3. The van der Waals surface area contributed by atoms with Crippen molar-refractivity contribution in [3.63, 3.8) is 0 Å². The molecule has 2 atom stereocenters. The van der Waals surface area contributed by atoms with Gasteiger partial charge in [0.05, 0.1) is 6.04 Å². The van der Waals surface area contributed by atoms with Crippen molar-refractivity contribution in [2.45, 2.75) is 24.9 Å². The van der Waals surface area contributed by atoms with Crippen LogP contribution in [0.3, 0.4) is 0 Å². The van der Waals surface area contributed by atoms with Gasteiger partial charge in [-0.25, -0.2) is 0 Å². The van der Waals surface area contributed by atoms with Gasteiger partial charge < -0.3 is 10.6 Å². The fourth-order valence-electron chi connectivity index (χ4n) is 1.74. The largest absolute Gasteiger partial charge is 0.353 e. The van der Waals surface area contributed by atoms with Gasteiger partial charge in [0.2, 0.25) is 11.8 Å². The number of hydrogen-bond acceptors (Lipinski definition) is 4. The van der Waals surface area contributed by atoms with Crippen LogP contribution in [-0.2, 0) is 9.59 Å². The lowest BCUT2D eigenvalue weighted by atomic mass is 10.2. The van der Waals surface area contributed by atoms with Gasteiger partial charge in [-0.15, -0.1) is 11.8 Å². The molecule has 2 heterocycles. The molecular weight excluding hydrogens is 214 g/mol. The van der Waals surface area contributed by atoms with E-state index in [2.05, 4.69) is 16.0 Å². The van der Waals surface area contributed by atoms with Crippen LogP contribution in [0.15, 0.2) is 0 Å². The minimum atomic E-state index is -0.0629. The Bertz CT molecular complexity index is 266. The van der Waals surface area contributed by atoms with Crippen molar-refractivity contribution in [2.24, 2.45) is 0 Å². The summed E-state index contributed by atoms with van der Waals surface area (Å²) in [5, 5.41) is 8.78. The van der Waals surface area contributed by atoms with E-state index in [0.29, 0.717) is 13.0 Å². The van der Waals surface area contributed by atoms with Gasteiger partial charge in [-0.2, -0.15) is 0 Å². The molecule has 2 amide bonds. The van der Waals surface area contributed by atoms with Gasteiger partial charge in [-0.05, 0) is 6.42 Å². The molecule has 2 fully saturated rings. The molecule has 2 unspecified atom stereocenters. The zero-order chi connectivity index (χ0) is 10.7. The number of carbonyl (C=O) groups excluding carboxylic acids is 2. The van der Waals surface area contributed by atoms with E-state index < -0.39 is 0 Å². The van der Waals surface area contributed by atoms with Crippen molar-refractivity contribution in [2.75, 3.05) is 18.2 Å². The third-order valence-corrected chi connectivity index (χ3v) is 3.58. The van der Waals surface area contributed by atoms with E-state index in [4.69, 9.17) is 0 Å². The Hall–Kier alpha value is -0.750. The number of carbonyl (C=O) groups is 2. The minimum absolute atomic E-state index is 0.0427. The number of thioether (sulfide) groups is 1. The first-order chi connectivity index (χ1) is 7.25. The molecule has 0 spiro atoms. The molecule has 0 aliphatic carbocycles. The summed E-state index contributed by atoms with van der Waals surface area (Å²) in [6, 6.07) is 0.0580. The number of amides is 2. The predicted molar refractivity (Wildman–Crippen MR) is 58.4 cm³/mol. The molecular formula is C9H15N3O2S. The molecule has 0 saturated carbocycles. The third-order valence-electron chi connectivity index (χ3n) is 2.64. The summed E-state index contributed by atoms with van der Waals surface area (Å²) < 4.78 is 0. The summed E-state index contributed by atoms with van der Waals surface area (Å²) >= 11 is 1.73. The highest BCUT2D eigenvalue weighted by molar-refractivity contribution is 7.99. The summed E-state index contributed by atoms with van der Waals surface area (Å²) in [5.41, 5.74) is 0. The highest BCUT2D eigenvalue weighted by Gasteiger charge is 2.25. The molecule has 2 aliphatic heterocycles. The fraction of sp³-hybridized carbons (Fsp3) is 0.778. The summed E-state index contributed by atoms with van der Waals surface area (Å²) in [6.45, 7) is 0.549. The van der Waals surface area contributed by atoms with Gasteiger partial charge in [0.1, 0.15) is 0 Å². The number of rotatable bonds is 3. The lowest BCUT2D eigenvalue weighted by Gasteiger charge is -2.14. The molecule has 0 bridgehead atoms. The summed E-state index contributed by atoms with van der Waals surface area (Å²) in [4.78, 5) is 22.5. The Morgan fingerprint density at radius 1 is 1.60 bits per heavy atom. The SMILES string of the molecule is O=C1CCC(CNC(=O)C2CSCN2)N1. The summed E-state index contributed by atoms with van der Waals surface area (Å²) in [6.07, 6.45) is 1.41. The van der Waals surface area contributed by atoms with E-state index in [1.165, 1.54) is 0 Å². The third kappa shape index (κ3) is 2.85. The maximum atomic E-state index is 11.6. The summed E-state index contributed by atoms with van der Waals surface area (Å²) in [5.74, 6) is 1.81. The highest BCUT2D eigenvalue weighted by atomic mass is 32.2. The van der Waals surface area contributed by atoms with E-state index in [1.807, 2.05) is 0 Å². The van der Waals surface area contributed by atoms with Gasteiger partial charge in [-0.1, -0.05) is 0 Å². The molecule has 15 heavy (non-hydrogen) atoms. The van der Waals surface area contributed by atoms with Crippen LogP contribution < -0.4 is 16.0 Å². The van der Waals surface area contributed by atoms with Gasteiger partial charge >= 0.3 is 0 Å². The first-order valence-corrected chi connectivity index (χ1v) is 6.29. The Morgan fingerprint density at radius 3 is 3.07 bits per heavy atom. The molecule has 6 heteroatoms. The molecule has 5 nitrogen and oxygen atoms in total. The standard InChI is InChI=1S/C9H15N3O2S/c13-8-2-1-6(12-8)3-10-9(14)7-4-15-5-11-7/h6-7,11H,1-5H2,(H,10,14)(H,12,13). The first kappa shape index (κ1) is 10.8. The van der Waals surface area contributed by atoms with Crippen molar-refractivity contribution in [1.82, 2.24) is 16.0 Å². The van der Waals surface area contributed by atoms with E-state index in [0.717, 1.165) is 18.1 Å². The molecule has 0 aromatic carbocycles. The van der Waals surface area contributed by atoms with Crippen LogP contribution in [0.2, 0.25) is 0 Å². The van der Waals surface area contributed by atoms with Gasteiger partial charge in [-0.3, -0.25) is 14.9 Å². The normalized spacial score (nSPS) is 30.3. The predicted octanol–water partition coefficient (Wildman–Crippen LogP) is -0.956. The molecule has 0 aromatic rings. The maximum Gasteiger partial charge on any atom is 0.238 e. The minimum Gasteiger partial charge on any atom is -0.353 e. The van der Waals surface area contributed by atoms with E-state index >= 15 is 0 Å². The topological polar surface area (TPSA) is 70.2 Å². The first-order valence-electron chi connectivity index (χ1n) is 5.14. The van der Waals surface area contributed by atoms with Crippen LogP contribution in [-0.4, -0.2) is 42.1 Å². The monoisotopic (exact) mass is 229 g/mol. The van der Waals surface area contributed by atoms with Crippen molar-refractivity contribution < 1.29 is 9.59 Å². The zero-order valence-electron chi connectivity index (χ0n) is 8.41. The highest BCUT2D eigenvalue weighted by Crippen LogP contribution is 2.10. The molecule has 0 aromatic heterocycles. The van der Waals surface area contributed by atoms with Crippen molar-refractivity contribution in [1.29, 1.82) is 0 Å². The Kier molecular flexibility index (Phi) is 3.48. The van der Waals surface area contributed by atoms with Crippen LogP contribution in [0.4, 0.5) is 0 Å². The lowest BCUT2D eigenvalue weighted by molar-refractivity contribution is -0.123. The van der Waals surface area contributed by atoms with Crippen molar-refractivity contribution >= 4 is 23.6 Å². The second kappa shape index (κ2) is 4.85. The second-order valence-electron chi connectivity index (χ2n) is 3.82. The zero-order valence-corrected chi connectivity index (χ0v) is 9.23. The Balaban J connectivity index is 1.68. The quantitative estimate of drug-likeness (QED) is 0.583. The lowest BCUT2D eigenvalue weighted by Crippen LogP contribution is -2.46. The second-order valence-corrected chi connectivity index (χ2v) is 4.85. The summed E-state index contributed by atoms with van der Waals surface area (Å²) in [7, 11) is 0. The molecule has 2 aliphatic rings.